The SMILES string of the molecule is C=C(C)COC(C)N(CC)c1ccc(/N=N/c2ccc(C(=O)C(F)(F)F)cc2)cc1. The largest absolute Gasteiger partial charge is 0.454 e. The number of azo groups is 1. The molecular formula is C22H24F3N3O2. The second-order valence-corrected chi connectivity index (χ2v) is 6.74. The second kappa shape index (κ2) is 10.2. The Hall–Kier alpha value is -3.00. The molecule has 8 heteroatoms. The first-order valence-corrected chi connectivity index (χ1v) is 9.37. The van der Waals surface area contributed by atoms with Crippen LogP contribution < -0.4 is 4.90 Å². The quantitative estimate of drug-likeness (QED) is 0.199. The van der Waals surface area contributed by atoms with E-state index in [4.69, 9.17) is 4.74 Å². The van der Waals surface area contributed by atoms with E-state index >= 15 is 0 Å². The molecule has 0 aliphatic rings. The van der Waals surface area contributed by atoms with E-state index in [0.717, 1.165) is 29.9 Å². The van der Waals surface area contributed by atoms with E-state index in [-0.39, 0.29) is 6.23 Å². The van der Waals surface area contributed by atoms with E-state index in [2.05, 4.69) is 21.7 Å². The van der Waals surface area contributed by atoms with Crippen molar-refractivity contribution in [2.45, 2.75) is 33.2 Å². The molecule has 0 bridgehead atoms. The average molecular weight is 419 g/mol. The molecule has 0 fully saturated rings. The van der Waals surface area contributed by atoms with Crippen molar-refractivity contribution >= 4 is 22.8 Å². The maximum Gasteiger partial charge on any atom is 0.454 e. The molecule has 2 aromatic carbocycles. The molecule has 2 aromatic rings. The summed E-state index contributed by atoms with van der Waals surface area (Å²) < 4.78 is 43.1. The van der Waals surface area contributed by atoms with Gasteiger partial charge in [-0.2, -0.15) is 23.4 Å². The number of anilines is 1. The molecule has 2 rings (SSSR count). The van der Waals surface area contributed by atoms with Crippen LogP contribution in [-0.2, 0) is 4.74 Å². The van der Waals surface area contributed by atoms with Crippen molar-refractivity contribution in [1.29, 1.82) is 0 Å². The summed E-state index contributed by atoms with van der Waals surface area (Å²) in [5.41, 5.74) is 2.40. The third-order valence-corrected chi connectivity index (χ3v) is 4.20. The Bertz CT molecular complexity index is 891. The van der Waals surface area contributed by atoms with Gasteiger partial charge in [0.05, 0.1) is 18.0 Å². The number of carbonyl (C=O) groups excluding carboxylic acids is 1. The summed E-state index contributed by atoms with van der Waals surface area (Å²) in [6.07, 6.45) is -5.03. The van der Waals surface area contributed by atoms with Gasteiger partial charge >= 0.3 is 6.18 Å². The standard InChI is InChI=1S/C22H24F3N3O2/c1-5-28(16(4)30-14-15(2)3)20-12-10-19(11-13-20)27-26-18-8-6-17(7-9-18)21(29)22(23,24)25/h6-13,16H,2,5,14H2,1,3-4H3/b27-26+. The van der Waals surface area contributed by atoms with Crippen LogP contribution in [0.4, 0.5) is 30.2 Å². The van der Waals surface area contributed by atoms with Gasteiger partial charge in [0.25, 0.3) is 5.78 Å². The van der Waals surface area contributed by atoms with Crippen LogP contribution in [0.5, 0.6) is 0 Å². The first-order valence-electron chi connectivity index (χ1n) is 9.37. The zero-order chi connectivity index (χ0) is 22.3. The molecule has 0 aliphatic carbocycles. The number of nitrogens with zero attached hydrogens (tertiary/aromatic N) is 3. The number of benzene rings is 2. The molecule has 0 aliphatic heterocycles. The molecule has 5 nitrogen and oxygen atoms in total. The molecule has 0 aromatic heterocycles. The summed E-state index contributed by atoms with van der Waals surface area (Å²) in [5, 5.41) is 8.09. The lowest BCUT2D eigenvalue weighted by Crippen LogP contribution is -2.35. The van der Waals surface area contributed by atoms with E-state index < -0.39 is 17.5 Å². The Morgan fingerprint density at radius 3 is 2.00 bits per heavy atom. The maximum atomic E-state index is 12.4. The zero-order valence-corrected chi connectivity index (χ0v) is 17.1. The Morgan fingerprint density at radius 2 is 1.57 bits per heavy atom. The van der Waals surface area contributed by atoms with Crippen molar-refractivity contribution in [3.05, 3.63) is 66.2 Å². The monoisotopic (exact) mass is 419 g/mol. The molecule has 0 N–H and O–H groups in total. The molecule has 0 saturated heterocycles. The first kappa shape index (κ1) is 23.3. The van der Waals surface area contributed by atoms with Gasteiger partial charge < -0.3 is 9.64 Å². The van der Waals surface area contributed by atoms with Crippen molar-refractivity contribution < 1.29 is 22.7 Å². The minimum atomic E-state index is -4.90. The molecule has 0 saturated carbocycles. The Balaban J connectivity index is 2.05. The van der Waals surface area contributed by atoms with Gasteiger partial charge in [-0.15, -0.1) is 0 Å². The van der Waals surface area contributed by atoms with Gasteiger partial charge in [0, 0.05) is 17.8 Å². The van der Waals surface area contributed by atoms with Crippen LogP contribution in [0.3, 0.4) is 0 Å². The predicted octanol–water partition coefficient (Wildman–Crippen LogP) is 6.61. The molecule has 0 radical (unpaired) electrons. The van der Waals surface area contributed by atoms with Gasteiger partial charge in [0.15, 0.2) is 0 Å². The number of Topliss-reactive ketones (excluding diaryl/α,β-unsaturated/α-hetero) is 1. The van der Waals surface area contributed by atoms with E-state index in [1.165, 1.54) is 12.1 Å². The van der Waals surface area contributed by atoms with Crippen LogP contribution in [0, 0.1) is 0 Å². The van der Waals surface area contributed by atoms with Crippen LogP contribution in [0.15, 0.2) is 70.9 Å². The molecule has 0 heterocycles. The van der Waals surface area contributed by atoms with Gasteiger partial charge in [0.1, 0.15) is 6.23 Å². The van der Waals surface area contributed by atoms with Gasteiger partial charge in [-0.05, 0) is 69.3 Å². The Kier molecular flexibility index (Phi) is 7.88. The minimum Gasteiger partial charge on any atom is -0.354 e. The van der Waals surface area contributed by atoms with Crippen molar-refractivity contribution in [3.8, 4) is 0 Å². The molecule has 1 atom stereocenters. The third kappa shape index (κ3) is 6.52. The summed E-state index contributed by atoms with van der Waals surface area (Å²) in [6, 6.07) is 12.2. The lowest BCUT2D eigenvalue weighted by atomic mass is 10.1. The number of rotatable bonds is 9. The number of halogens is 3. The van der Waals surface area contributed by atoms with Gasteiger partial charge in [0.2, 0.25) is 0 Å². The molecule has 0 spiro atoms. The first-order chi connectivity index (χ1) is 14.1. The fraction of sp³-hybridized carbons (Fsp3) is 0.318. The third-order valence-electron chi connectivity index (χ3n) is 4.20. The smallest absolute Gasteiger partial charge is 0.354 e. The Morgan fingerprint density at radius 1 is 1.07 bits per heavy atom. The maximum absolute atomic E-state index is 12.4. The highest BCUT2D eigenvalue weighted by Gasteiger charge is 2.39. The normalized spacial score (nSPS) is 12.7. The predicted molar refractivity (Wildman–Crippen MR) is 111 cm³/mol. The van der Waals surface area contributed by atoms with Crippen LogP contribution in [-0.4, -0.2) is 31.3 Å². The highest BCUT2D eigenvalue weighted by atomic mass is 19.4. The lowest BCUT2D eigenvalue weighted by molar-refractivity contribution is -0.0885. The van der Waals surface area contributed by atoms with Crippen molar-refractivity contribution in [2.75, 3.05) is 18.1 Å². The van der Waals surface area contributed by atoms with Crippen molar-refractivity contribution in [3.63, 3.8) is 0 Å². The Labute approximate surface area is 173 Å². The number of hydrogen-bond acceptors (Lipinski definition) is 5. The van der Waals surface area contributed by atoms with Crippen LogP contribution in [0.25, 0.3) is 0 Å². The number of alkyl halides is 3. The van der Waals surface area contributed by atoms with Gasteiger partial charge in [-0.25, -0.2) is 0 Å². The number of ketones is 1. The summed E-state index contributed by atoms with van der Waals surface area (Å²) in [5.74, 6) is -1.89. The van der Waals surface area contributed by atoms with Crippen molar-refractivity contribution in [1.82, 2.24) is 0 Å². The topological polar surface area (TPSA) is 54.3 Å². The molecule has 1 unspecified atom stereocenters. The van der Waals surface area contributed by atoms with Crippen LogP contribution in [0.1, 0.15) is 31.1 Å². The number of carbonyl (C=O) groups is 1. The van der Waals surface area contributed by atoms with Crippen molar-refractivity contribution in [2.24, 2.45) is 10.2 Å². The van der Waals surface area contributed by atoms with Crippen LogP contribution in [0.2, 0.25) is 0 Å². The number of hydrogen-bond donors (Lipinski definition) is 0. The fourth-order valence-corrected chi connectivity index (χ4v) is 2.67. The highest BCUT2D eigenvalue weighted by Crippen LogP contribution is 2.26. The van der Waals surface area contributed by atoms with Gasteiger partial charge in [-0.1, -0.05) is 12.2 Å². The average Bonchev–Trinajstić information content (AvgIpc) is 2.71. The molecule has 30 heavy (non-hydrogen) atoms. The highest BCUT2D eigenvalue weighted by molar-refractivity contribution is 6.00. The zero-order valence-electron chi connectivity index (χ0n) is 17.1. The molecule has 160 valence electrons. The summed E-state index contributed by atoms with van der Waals surface area (Å²) in [7, 11) is 0. The summed E-state index contributed by atoms with van der Waals surface area (Å²) >= 11 is 0. The van der Waals surface area contributed by atoms with E-state index in [1.54, 1.807) is 12.1 Å². The van der Waals surface area contributed by atoms with E-state index in [1.807, 2.05) is 32.9 Å². The lowest BCUT2D eigenvalue weighted by Gasteiger charge is -2.30. The van der Waals surface area contributed by atoms with E-state index in [0.29, 0.717) is 18.0 Å². The number of ether oxygens (including phenoxy) is 1. The second-order valence-electron chi connectivity index (χ2n) is 6.74. The molecule has 0 amide bonds. The molecular weight excluding hydrogens is 395 g/mol. The minimum absolute atomic E-state index is 0.128. The summed E-state index contributed by atoms with van der Waals surface area (Å²) in [6.45, 7) is 11.0. The summed E-state index contributed by atoms with van der Waals surface area (Å²) in [4.78, 5) is 13.3. The van der Waals surface area contributed by atoms with E-state index in [9.17, 15) is 18.0 Å². The fourth-order valence-electron chi connectivity index (χ4n) is 2.67. The van der Waals surface area contributed by atoms with Gasteiger partial charge in [-0.3, -0.25) is 4.79 Å². The van der Waals surface area contributed by atoms with Crippen LogP contribution >= 0.6 is 0 Å².